The maximum atomic E-state index is 2.66. The summed E-state index contributed by atoms with van der Waals surface area (Å²) in [5, 5.41) is 0. The number of rotatable bonds is 10. The molecule has 128 valence electrons. The fourth-order valence-electron chi connectivity index (χ4n) is 4.25. The molecule has 0 unspecified atom stereocenters. The summed E-state index contributed by atoms with van der Waals surface area (Å²) in [6.07, 6.45) is 13.9. The van der Waals surface area contributed by atoms with E-state index in [4.69, 9.17) is 0 Å². The van der Waals surface area contributed by atoms with E-state index in [0.717, 1.165) is 0 Å². The Labute approximate surface area is 148 Å². The number of allylic oxidation sites excluding steroid dienone is 1. The molecule has 0 aromatic heterocycles. The van der Waals surface area contributed by atoms with Crippen molar-refractivity contribution in [3.8, 4) is 0 Å². The van der Waals surface area contributed by atoms with Crippen molar-refractivity contribution in [2.45, 2.75) is 85.4 Å². The van der Waals surface area contributed by atoms with Gasteiger partial charge in [-0.3, -0.25) is 0 Å². The van der Waals surface area contributed by atoms with Crippen LogP contribution in [-0.4, -0.2) is 18.4 Å². The summed E-state index contributed by atoms with van der Waals surface area (Å²) < 4.78 is 6.81. The average molecular weight is 419 g/mol. The van der Waals surface area contributed by atoms with Crippen molar-refractivity contribution in [3.63, 3.8) is 0 Å². The molecule has 0 saturated carbocycles. The molecule has 0 spiro atoms. The van der Waals surface area contributed by atoms with Gasteiger partial charge in [-0.15, -0.1) is 0 Å². The topological polar surface area (TPSA) is 0 Å². The third-order valence-electron chi connectivity index (χ3n) is 5.76. The third kappa shape index (κ3) is 5.11. The van der Waals surface area contributed by atoms with Crippen LogP contribution in [0.25, 0.3) is 6.08 Å². The molecule has 0 fully saturated rings. The van der Waals surface area contributed by atoms with Gasteiger partial charge in [0.05, 0.1) is 0 Å². The van der Waals surface area contributed by atoms with E-state index in [2.05, 4.69) is 51.1 Å². The van der Waals surface area contributed by atoms with Crippen LogP contribution in [0.2, 0.25) is 13.3 Å². The molecule has 1 aliphatic rings. The molecule has 1 aliphatic carbocycles. The molecule has 0 N–H and O–H groups in total. The van der Waals surface area contributed by atoms with Gasteiger partial charge in [0.2, 0.25) is 0 Å². The van der Waals surface area contributed by atoms with Crippen LogP contribution in [0.3, 0.4) is 0 Å². The van der Waals surface area contributed by atoms with Gasteiger partial charge in [0.1, 0.15) is 0 Å². The Morgan fingerprint density at radius 1 is 0.783 bits per heavy atom. The molecule has 0 aliphatic heterocycles. The molecular weight excluding hydrogens is 383 g/mol. The van der Waals surface area contributed by atoms with Gasteiger partial charge in [0.15, 0.2) is 0 Å². The van der Waals surface area contributed by atoms with Crippen LogP contribution >= 0.6 is 0 Å². The summed E-state index contributed by atoms with van der Waals surface area (Å²) in [6.45, 7) is 7.13. The molecule has 0 saturated heterocycles. The van der Waals surface area contributed by atoms with Gasteiger partial charge < -0.3 is 0 Å². The SMILES string of the molecule is CCC[CH2][Sn]([CH2]CCC)([CH2]CCC)[C]1=Cc2ccccc2CC1. The quantitative estimate of drug-likeness (QED) is 0.347. The molecule has 1 aromatic carbocycles. The minimum atomic E-state index is -2.16. The second-order valence-corrected chi connectivity index (χ2v) is 20.9. The third-order valence-corrected chi connectivity index (χ3v) is 22.0. The van der Waals surface area contributed by atoms with Crippen molar-refractivity contribution in [2.75, 3.05) is 0 Å². The first-order chi connectivity index (χ1) is 11.3. The number of benzene rings is 1. The standard InChI is InChI=1S/C10H9.3C4H9.Sn/c1-2-6-10-8-4-3-7-9(10)5-1;3*1-3-4-2;/h1-2,5-6,8H,3,7H2;3*1,3-4H2,2H3;. The second-order valence-electron chi connectivity index (χ2n) is 7.46. The molecule has 0 amide bonds. The molecule has 0 nitrogen and oxygen atoms in total. The summed E-state index contributed by atoms with van der Waals surface area (Å²) in [6, 6.07) is 9.12. The van der Waals surface area contributed by atoms with Crippen molar-refractivity contribution >= 4 is 24.5 Å². The Bertz CT molecular complexity index is 479. The molecule has 2 rings (SSSR count). The van der Waals surface area contributed by atoms with Crippen LogP contribution in [0.4, 0.5) is 0 Å². The van der Waals surface area contributed by atoms with Gasteiger partial charge in [-0.1, -0.05) is 0 Å². The van der Waals surface area contributed by atoms with E-state index in [1.165, 1.54) is 51.4 Å². The molecule has 23 heavy (non-hydrogen) atoms. The Morgan fingerprint density at radius 3 is 1.91 bits per heavy atom. The molecule has 0 bridgehead atoms. The number of hydrogen-bond acceptors (Lipinski definition) is 0. The van der Waals surface area contributed by atoms with Crippen LogP contribution in [0, 0.1) is 0 Å². The molecule has 0 atom stereocenters. The van der Waals surface area contributed by atoms with Gasteiger partial charge in [-0.2, -0.15) is 0 Å². The van der Waals surface area contributed by atoms with Crippen LogP contribution in [0.1, 0.15) is 76.8 Å². The number of unbranched alkanes of at least 4 members (excludes halogenated alkanes) is 3. The monoisotopic (exact) mass is 420 g/mol. The van der Waals surface area contributed by atoms with Crippen LogP contribution in [-0.2, 0) is 6.42 Å². The van der Waals surface area contributed by atoms with Crippen LogP contribution in [0.15, 0.2) is 27.9 Å². The minimum absolute atomic E-state index is 1.30. The molecular formula is C22H36Sn. The summed E-state index contributed by atoms with van der Waals surface area (Å²) >= 11 is -2.16. The summed E-state index contributed by atoms with van der Waals surface area (Å²) in [7, 11) is 0. The van der Waals surface area contributed by atoms with Gasteiger partial charge in [0.25, 0.3) is 0 Å². The first kappa shape index (κ1) is 19.1. The van der Waals surface area contributed by atoms with Gasteiger partial charge in [-0.05, 0) is 0 Å². The van der Waals surface area contributed by atoms with Crippen molar-refractivity contribution in [2.24, 2.45) is 0 Å². The van der Waals surface area contributed by atoms with E-state index in [9.17, 15) is 0 Å². The predicted octanol–water partition coefficient (Wildman–Crippen LogP) is 7.40. The Hall–Kier alpha value is -0.241. The Morgan fingerprint density at radius 2 is 1.35 bits per heavy atom. The zero-order valence-electron chi connectivity index (χ0n) is 15.7. The zero-order valence-corrected chi connectivity index (χ0v) is 18.5. The molecule has 1 aromatic rings. The van der Waals surface area contributed by atoms with E-state index in [-0.39, 0.29) is 0 Å². The fraction of sp³-hybridized carbons (Fsp3) is 0.636. The normalized spacial score (nSPS) is 14.5. The van der Waals surface area contributed by atoms with Gasteiger partial charge >= 0.3 is 149 Å². The van der Waals surface area contributed by atoms with E-state index < -0.39 is 18.4 Å². The van der Waals surface area contributed by atoms with Gasteiger partial charge in [-0.25, -0.2) is 0 Å². The van der Waals surface area contributed by atoms with Crippen LogP contribution < -0.4 is 0 Å². The van der Waals surface area contributed by atoms with Crippen molar-refractivity contribution in [3.05, 3.63) is 39.0 Å². The zero-order chi connectivity index (χ0) is 16.5. The molecule has 0 heterocycles. The first-order valence-corrected chi connectivity index (χ1v) is 17.5. The Kier molecular flexibility index (Phi) is 8.23. The van der Waals surface area contributed by atoms with Crippen molar-refractivity contribution in [1.82, 2.24) is 0 Å². The molecule has 0 radical (unpaired) electrons. The predicted molar refractivity (Wildman–Crippen MR) is 108 cm³/mol. The second kappa shape index (κ2) is 9.91. The van der Waals surface area contributed by atoms with E-state index in [1.54, 1.807) is 24.4 Å². The van der Waals surface area contributed by atoms with E-state index in [1.807, 2.05) is 3.59 Å². The van der Waals surface area contributed by atoms with E-state index in [0.29, 0.717) is 0 Å². The van der Waals surface area contributed by atoms with Gasteiger partial charge in [0, 0.05) is 0 Å². The number of hydrogen-bond donors (Lipinski definition) is 0. The van der Waals surface area contributed by atoms with Crippen LogP contribution in [0.5, 0.6) is 0 Å². The first-order valence-electron chi connectivity index (χ1n) is 10.0. The van der Waals surface area contributed by atoms with E-state index >= 15 is 0 Å². The summed E-state index contributed by atoms with van der Waals surface area (Å²) in [5.41, 5.74) is 3.12. The Balaban J connectivity index is 2.32. The maximum absolute atomic E-state index is 2.66. The summed E-state index contributed by atoms with van der Waals surface area (Å²) in [5.74, 6) is 0. The average Bonchev–Trinajstić information content (AvgIpc) is 2.61. The number of aryl methyl sites for hydroxylation is 1. The van der Waals surface area contributed by atoms with Crippen molar-refractivity contribution in [1.29, 1.82) is 0 Å². The summed E-state index contributed by atoms with van der Waals surface area (Å²) in [4.78, 5) is 0. The molecule has 1 heteroatoms. The fourth-order valence-corrected chi connectivity index (χ4v) is 21.2. The number of fused-ring (bicyclic) bond motifs is 1. The van der Waals surface area contributed by atoms with Crippen molar-refractivity contribution < 1.29 is 0 Å².